The second-order valence-corrected chi connectivity index (χ2v) is 8.00. The number of benzene rings is 1. The Morgan fingerprint density at radius 2 is 1.79 bits per heavy atom. The Morgan fingerprint density at radius 1 is 1.06 bits per heavy atom. The summed E-state index contributed by atoms with van der Waals surface area (Å²) in [4.78, 5) is 36.8. The molecule has 0 aliphatic heterocycles. The van der Waals surface area contributed by atoms with Crippen LogP contribution in [-0.4, -0.2) is 32.3 Å². The number of para-hydroxylation sites is 1. The van der Waals surface area contributed by atoms with Crippen molar-refractivity contribution in [1.29, 1.82) is 0 Å². The van der Waals surface area contributed by atoms with Gasteiger partial charge in [-0.05, 0) is 43.5 Å². The van der Waals surface area contributed by atoms with E-state index in [1.807, 2.05) is 0 Å². The number of amides is 2. The lowest BCUT2D eigenvalue weighted by Crippen LogP contribution is -2.48. The first-order valence-corrected chi connectivity index (χ1v) is 10.4. The number of rotatable bonds is 7. The molecule has 0 spiro atoms. The van der Waals surface area contributed by atoms with Crippen molar-refractivity contribution in [3.05, 3.63) is 77.6 Å². The van der Waals surface area contributed by atoms with Gasteiger partial charge in [0.2, 0.25) is 5.91 Å². The summed E-state index contributed by atoms with van der Waals surface area (Å²) in [6.07, 6.45) is 1.96. The number of pyridine rings is 1. The van der Waals surface area contributed by atoms with E-state index < -0.39 is 23.2 Å². The molecule has 4 rings (SSSR count). The lowest BCUT2D eigenvalue weighted by Gasteiger charge is -2.18. The number of alkyl halides is 3. The molecule has 2 heterocycles. The summed E-state index contributed by atoms with van der Waals surface area (Å²) in [5.74, 6) is -0.771. The number of nitrogens with zero attached hydrogens (tertiary/aromatic N) is 3. The van der Waals surface area contributed by atoms with Crippen molar-refractivity contribution in [2.24, 2.45) is 0 Å². The fraction of sp³-hybridized carbons (Fsp3) is 0.261. The summed E-state index contributed by atoms with van der Waals surface area (Å²) >= 11 is 0. The zero-order valence-corrected chi connectivity index (χ0v) is 18.1. The van der Waals surface area contributed by atoms with Crippen LogP contribution in [0, 0.1) is 6.92 Å². The van der Waals surface area contributed by atoms with Gasteiger partial charge in [-0.2, -0.15) is 13.2 Å². The van der Waals surface area contributed by atoms with Crippen molar-refractivity contribution in [3.8, 4) is 0 Å². The number of anilines is 2. The van der Waals surface area contributed by atoms with Crippen LogP contribution in [-0.2, 0) is 17.5 Å². The highest BCUT2D eigenvalue weighted by Gasteiger charge is 2.51. The van der Waals surface area contributed by atoms with Crippen LogP contribution in [0.15, 0.2) is 55.2 Å². The molecule has 34 heavy (non-hydrogen) atoms. The van der Waals surface area contributed by atoms with Gasteiger partial charge in [0.25, 0.3) is 5.91 Å². The lowest BCUT2D eigenvalue weighted by atomic mass is 10.1. The van der Waals surface area contributed by atoms with Crippen molar-refractivity contribution in [2.45, 2.75) is 38.0 Å². The zero-order chi connectivity index (χ0) is 24.3. The zero-order valence-electron chi connectivity index (χ0n) is 18.1. The largest absolute Gasteiger partial charge is 0.418 e. The van der Waals surface area contributed by atoms with Crippen molar-refractivity contribution in [2.75, 3.05) is 5.32 Å². The number of carbonyl (C=O) groups excluding carboxylic acids is 2. The van der Waals surface area contributed by atoms with E-state index in [1.165, 1.54) is 31.0 Å². The highest BCUT2D eigenvalue weighted by molar-refractivity contribution is 6.00. The summed E-state index contributed by atoms with van der Waals surface area (Å²) in [6, 6.07) is 7.16. The number of aromatic nitrogens is 3. The molecule has 0 bridgehead atoms. The molecule has 1 aliphatic carbocycles. The molecular weight excluding hydrogens is 449 g/mol. The predicted molar refractivity (Wildman–Crippen MR) is 117 cm³/mol. The van der Waals surface area contributed by atoms with Crippen LogP contribution in [0.4, 0.5) is 24.5 Å². The normalized spacial score (nSPS) is 14.2. The van der Waals surface area contributed by atoms with E-state index in [0.717, 1.165) is 6.07 Å². The SMILES string of the molecule is Cc1cccc(C(F)(F)F)c1Nc1ccc(CNC(=O)C2(NC(=O)c3cncnc3)CC2)nc1. The summed E-state index contributed by atoms with van der Waals surface area (Å²) in [6.45, 7) is 1.69. The molecule has 3 aromatic rings. The minimum absolute atomic E-state index is 0.0342. The number of aryl methyl sites for hydroxylation is 1. The van der Waals surface area contributed by atoms with Gasteiger partial charge in [-0.15, -0.1) is 0 Å². The van der Waals surface area contributed by atoms with E-state index in [2.05, 4.69) is 30.9 Å². The van der Waals surface area contributed by atoms with Crippen LogP contribution in [0.3, 0.4) is 0 Å². The van der Waals surface area contributed by atoms with Gasteiger partial charge >= 0.3 is 6.18 Å². The highest BCUT2D eigenvalue weighted by Crippen LogP contribution is 2.38. The van der Waals surface area contributed by atoms with Gasteiger partial charge in [0.15, 0.2) is 0 Å². The van der Waals surface area contributed by atoms with Crippen molar-refractivity contribution >= 4 is 23.2 Å². The number of nitrogens with one attached hydrogen (secondary N) is 3. The molecule has 176 valence electrons. The van der Waals surface area contributed by atoms with E-state index >= 15 is 0 Å². The maximum Gasteiger partial charge on any atom is 0.418 e. The number of hydrogen-bond acceptors (Lipinski definition) is 6. The van der Waals surface area contributed by atoms with Gasteiger partial charge in [-0.1, -0.05) is 12.1 Å². The quantitative estimate of drug-likeness (QED) is 0.488. The van der Waals surface area contributed by atoms with Crippen LogP contribution in [0.2, 0.25) is 0 Å². The first-order valence-electron chi connectivity index (χ1n) is 10.4. The molecule has 3 N–H and O–H groups in total. The van der Waals surface area contributed by atoms with Crippen molar-refractivity contribution < 1.29 is 22.8 Å². The maximum absolute atomic E-state index is 13.3. The standard InChI is InChI=1S/C23H21F3N6O2/c1-14-3-2-4-18(23(24,25)26)19(14)31-17-6-5-16(29-12-17)11-30-21(34)22(7-8-22)32-20(33)15-9-27-13-28-10-15/h2-6,9-10,12-13,31H,7-8,11H2,1H3,(H,30,34)(H,32,33). The Morgan fingerprint density at radius 3 is 2.41 bits per heavy atom. The lowest BCUT2D eigenvalue weighted by molar-refractivity contribution is -0.137. The summed E-state index contributed by atoms with van der Waals surface area (Å²) in [5.41, 5.74) is -0.175. The molecule has 1 aromatic carbocycles. The molecule has 0 atom stereocenters. The first kappa shape index (κ1) is 23.1. The molecular formula is C23H21F3N6O2. The maximum atomic E-state index is 13.3. The molecule has 1 fully saturated rings. The average molecular weight is 470 g/mol. The van der Waals surface area contributed by atoms with Gasteiger partial charge in [0.05, 0.1) is 40.9 Å². The Labute approximate surface area is 193 Å². The van der Waals surface area contributed by atoms with Gasteiger partial charge in [0.1, 0.15) is 11.9 Å². The Hall–Kier alpha value is -4.02. The molecule has 2 amide bonds. The fourth-order valence-electron chi connectivity index (χ4n) is 3.40. The number of halogens is 3. The minimum Gasteiger partial charge on any atom is -0.354 e. The molecule has 0 unspecified atom stereocenters. The Kier molecular flexibility index (Phi) is 6.18. The van der Waals surface area contributed by atoms with Gasteiger partial charge in [-0.25, -0.2) is 9.97 Å². The van der Waals surface area contributed by atoms with Crippen LogP contribution >= 0.6 is 0 Å². The third-order valence-electron chi connectivity index (χ3n) is 5.46. The Balaban J connectivity index is 1.36. The molecule has 2 aromatic heterocycles. The summed E-state index contributed by atoms with van der Waals surface area (Å²) in [5, 5.41) is 8.26. The average Bonchev–Trinajstić information content (AvgIpc) is 3.60. The minimum atomic E-state index is -4.49. The van der Waals surface area contributed by atoms with E-state index in [9.17, 15) is 22.8 Å². The van der Waals surface area contributed by atoms with E-state index in [0.29, 0.717) is 29.8 Å². The van der Waals surface area contributed by atoms with Gasteiger partial charge in [-0.3, -0.25) is 14.6 Å². The number of carbonyl (C=O) groups is 2. The molecule has 1 aliphatic rings. The topological polar surface area (TPSA) is 109 Å². The van der Waals surface area contributed by atoms with Crippen LogP contribution < -0.4 is 16.0 Å². The van der Waals surface area contributed by atoms with Crippen LogP contribution in [0.5, 0.6) is 0 Å². The fourth-order valence-corrected chi connectivity index (χ4v) is 3.40. The van der Waals surface area contributed by atoms with Gasteiger partial charge in [0, 0.05) is 12.4 Å². The smallest absolute Gasteiger partial charge is 0.354 e. The second-order valence-electron chi connectivity index (χ2n) is 8.00. The number of hydrogen-bond donors (Lipinski definition) is 3. The monoisotopic (exact) mass is 470 g/mol. The van der Waals surface area contributed by atoms with Crippen LogP contribution in [0.25, 0.3) is 0 Å². The van der Waals surface area contributed by atoms with Crippen molar-refractivity contribution in [3.63, 3.8) is 0 Å². The third-order valence-corrected chi connectivity index (χ3v) is 5.46. The molecule has 1 saturated carbocycles. The summed E-state index contributed by atoms with van der Waals surface area (Å²) in [7, 11) is 0. The summed E-state index contributed by atoms with van der Waals surface area (Å²) < 4.78 is 40.0. The van der Waals surface area contributed by atoms with E-state index in [1.54, 1.807) is 25.1 Å². The van der Waals surface area contributed by atoms with Crippen molar-refractivity contribution in [1.82, 2.24) is 25.6 Å². The molecule has 11 heteroatoms. The highest BCUT2D eigenvalue weighted by atomic mass is 19.4. The van der Waals surface area contributed by atoms with E-state index in [4.69, 9.17) is 0 Å². The first-order chi connectivity index (χ1) is 16.2. The Bertz CT molecular complexity index is 1200. The van der Waals surface area contributed by atoms with E-state index in [-0.39, 0.29) is 23.7 Å². The predicted octanol–water partition coefficient (Wildman–Crippen LogP) is 3.52. The molecule has 0 saturated heterocycles. The molecule has 0 radical (unpaired) electrons. The second kappa shape index (κ2) is 9.08. The third kappa shape index (κ3) is 5.13. The van der Waals surface area contributed by atoms with Gasteiger partial charge < -0.3 is 16.0 Å². The van der Waals surface area contributed by atoms with Crippen LogP contribution in [0.1, 0.15) is 40.0 Å². The molecule has 8 nitrogen and oxygen atoms in total.